The van der Waals surface area contributed by atoms with Gasteiger partial charge in [0.05, 0.1) is 17.6 Å². The van der Waals surface area contributed by atoms with Gasteiger partial charge in [-0.05, 0) is 55.3 Å². The van der Waals surface area contributed by atoms with Crippen LogP contribution < -0.4 is 20.5 Å². The maximum Gasteiger partial charge on any atom is 0.323 e. The van der Waals surface area contributed by atoms with Crippen LogP contribution in [0.4, 0.5) is 5.69 Å². The fourth-order valence-corrected chi connectivity index (χ4v) is 3.36. The molecule has 30 heavy (non-hydrogen) atoms. The Morgan fingerprint density at radius 1 is 0.867 bits per heavy atom. The van der Waals surface area contributed by atoms with E-state index in [9.17, 15) is 4.79 Å². The topological polar surface area (TPSA) is 79.1 Å². The highest BCUT2D eigenvalue weighted by atomic mass is 16.5. The fourth-order valence-electron chi connectivity index (χ4n) is 3.36. The Kier molecular flexibility index (Phi) is 5.75. The second kappa shape index (κ2) is 8.78. The summed E-state index contributed by atoms with van der Waals surface area (Å²) in [5.74, 6) is 1.46. The van der Waals surface area contributed by atoms with Gasteiger partial charge >= 0.3 is 5.69 Å². The average molecular weight is 403 g/mol. The third-order valence-corrected chi connectivity index (χ3v) is 4.80. The van der Waals surface area contributed by atoms with Crippen LogP contribution in [0.5, 0.6) is 11.5 Å². The standard InChI is InChI=1S/C24H25N3O3/c1-3-29-23-12-17(7-10-22(23)30-15-18-6-4-5-16(2)11-18)14-25-19-8-9-20-21(13-19)27-24(28)26-20/h4-13,25H,3,14-15H2,1-2H3,(H2,26,27,28). The van der Waals surface area contributed by atoms with Gasteiger partial charge in [-0.15, -0.1) is 0 Å². The molecule has 4 rings (SSSR count). The second-order valence-electron chi connectivity index (χ2n) is 7.18. The number of benzene rings is 3. The lowest BCUT2D eigenvalue weighted by molar-refractivity contribution is 0.269. The molecular weight excluding hydrogens is 378 g/mol. The monoisotopic (exact) mass is 403 g/mol. The Labute approximate surface area is 174 Å². The summed E-state index contributed by atoms with van der Waals surface area (Å²) in [7, 11) is 0. The van der Waals surface area contributed by atoms with Crippen molar-refractivity contribution < 1.29 is 9.47 Å². The van der Waals surface area contributed by atoms with Gasteiger partial charge < -0.3 is 24.8 Å². The molecule has 6 heteroatoms. The maximum atomic E-state index is 11.4. The van der Waals surface area contributed by atoms with E-state index in [1.165, 1.54) is 5.56 Å². The molecule has 0 spiro atoms. The van der Waals surface area contributed by atoms with E-state index in [2.05, 4.69) is 40.4 Å². The van der Waals surface area contributed by atoms with Gasteiger partial charge in [-0.2, -0.15) is 0 Å². The lowest BCUT2D eigenvalue weighted by Crippen LogP contribution is -2.03. The third kappa shape index (κ3) is 4.66. The predicted octanol–water partition coefficient (Wildman–Crippen LogP) is 4.75. The van der Waals surface area contributed by atoms with Crippen molar-refractivity contribution in [2.45, 2.75) is 27.0 Å². The number of rotatable bonds is 8. The zero-order valence-electron chi connectivity index (χ0n) is 17.1. The van der Waals surface area contributed by atoms with Gasteiger partial charge in [0.2, 0.25) is 0 Å². The lowest BCUT2D eigenvalue weighted by Gasteiger charge is -2.14. The number of H-pyrrole nitrogens is 2. The Hall–Kier alpha value is -3.67. The van der Waals surface area contributed by atoms with Gasteiger partial charge in [-0.3, -0.25) is 0 Å². The van der Waals surface area contributed by atoms with Crippen molar-refractivity contribution in [1.82, 2.24) is 9.97 Å². The van der Waals surface area contributed by atoms with E-state index >= 15 is 0 Å². The van der Waals surface area contributed by atoms with Gasteiger partial charge in [0.1, 0.15) is 6.61 Å². The van der Waals surface area contributed by atoms with Crippen LogP contribution in [0, 0.1) is 6.92 Å². The molecule has 0 amide bonds. The van der Waals surface area contributed by atoms with Gasteiger partial charge in [0.15, 0.2) is 11.5 Å². The normalized spacial score (nSPS) is 10.9. The lowest BCUT2D eigenvalue weighted by atomic mass is 10.1. The molecule has 0 bridgehead atoms. The van der Waals surface area contributed by atoms with E-state index in [1.807, 2.05) is 49.4 Å². The highest BCUT2D eigenvalue weighted by Crippen LogP contribution is 2.30. The van der Waals surface area contributed by atoms with Crippen LogP contribution in [0.3, 0.4) is 0 Å². The molecular formula is C24H25N3O3. The zero-order chi connectivity index (χ0) is 20.9. The van der Waals surface area contributed by atoms with Crippen molar-refractivity contribution in [1.29, 1.82) is 0 Å². The quantitative estimate of drug-likeness (QED) is 0.396. The van der Waals surface area contributed by atoms with Crippen LogP contribution in [0.25, 0.3) is 11.0 Å². The summed E-state index contributed by atoms with van der Waals surface area (Å²) in [5.41, 5.74) is 5.70. The summed E-state index contributed by atoms with van der Waals surface area (Å²) in [6.45, 7) is 5.71. The highest BCUT2D eigenvalue weighted by Gasteiger charge is 2.08. The summed E-state index contributed by atoms with van der Waals surface area (Å²) < 4.78 is 11.8. The highest BCUT2D eigenvalue weighted by molar-refractivity contribution is 5.78. The molecule has 1 heterocycles. The molecule has 0 radical (unpaired) electrons. The van der Waals surface area contributed by atoms with Gasteiger partial charge in [-0.1, -0.05) is 35.9 Å². The number of imidazole rings is 1. The number of aromatic amines is 2. The number of anilines is 1. The Morgan fingerprint density at radius 3 is 2.57 bits per heavy atom. The summed E-state index contributed by atoms with van der Waals surface area (Å²) in [6.07, 6.45) is 0. The first-order valence-corrected chi connectivity index (χ1v) is 10.0. The van der Waals surface area contributed by atoms with Crippen molar-refractivity contribution in [3.8, 4) is 11.5 Å². The number of hydrogen-bond donors (Lipinski definition) is 3. The first kappa shape index (κ1) is 19.6. The van der Waals surface area contributed by atoms with Gasteiger partial charge in [0, 0.05) is 12.2 Å². The zero-order valence-corrected chi connectivity index (χ0v) is 17.1. The van der Waals surface area contributed by atoms with Crippen LogP contribution in [-0.4, -0.2) is 16.6 Å². The van der Waals surface area contributed by atoms with Gasteiger partial charge in [-0.25, -0.2) is 4.79 Å². The van der Waals surface area contributed by atoms with E-state index < -0.39 is 0 Å². The molecule has 6 nitrogen and oxygen atoms in total. The van der Waals surface area contributed by atoms with E-state index in [4.69, 9.17) is 9.47 Å². The molecule has 0 aliphatic carbocycles. The molecule has 0 saturated heterocycles. The largest absolute Gasteiger partial charge is 0.490 e. The Bertz CT molecular complexity index is 1210. The molecule has 0 fully saturated rings. The smallest absolute Gasteiger partial charge is 0.323 e. The van der Waals surface area contributed by atoms with Gasteiger partial charge in [0.25, 0.3) is 0 Å². The molecule has 4 aromatic rings. The van der Waals surface area contributed by atoms with E-state index in [-0.39, 0.29) is 5.69 Å². The minimum absolute atomic E-state index is 0.204. The summed E-state index contributed by atoms with van der Waals surface area (Å²) >= 11 is 0. The fraction of sp³-hybridized carbons (Fsp3) is 0.208. The first-order chi connectivity index (χ1) is 14.6. The van der Waals surface area contributed by atoms with Crippen LogP contribution in [-0.2, 0) is 13.2 Å². The van der Waals surface area contributed by atoms with Crippen molar-refractivity contribution in [3.05, 3.63) is 87.8 Å². The molecule has 0 unspecified atom stereocenters. The Balaban J connectivity index is 1.45. The third-order valence-electron chi connectivity index (χ3n) is 4.80. The first-order valence-electron chi connectivity index (χ1n) is 10.0. The molecule has 0 saturated carbocycles. The number of ether oxygens (including phenoxy) is 2. The second-order valence-corrected chi connectivity index (χ2v) is 7.18. The summed E-state index contributed by atoms with van der Waals surface area (Å²) in [4.78, 5) is 16.9. The number of fused-ring (bicyclic) bond motifs is 1. The van der Waals surface area contributed by atoms with Crippen LogP contribution in [0.1, 0.15) is 23.6 Å². The maximum absolute atomic E-state index is 11.4. The number of aromatic nitrogens is 2. The minimum Gasteiger partial charge on any atom is -0.490 e. The molecule has 0 aliphatic rings. The van der Waals surface area contributed by atoms with Crippen LogP contribution >= 0.6 is 0 Å². The van der Waals surface area contributed by atoms with Crippen molar-refractivity contribution in [2.75, 3.05) is 11.9 Å². The van der Waals surface area contributed by atoms with Crippen LogP contribution in [0.15, 0.2) is 65.5 Å². The van der Waals surface area contributed by atoms with Crippen molar-refractivity contribution in [2.24, 2.45) is 0 Å². The number of aryl methyl sites for hydroxylation is 1. The summed E-state index contributed by atoms with van der Waals surface area (Å²) in [5, 5.41) is 3.38. The molecule has 3 N–H and O–H groups in total. The van der Waals surface area contributed by atoms with Crippen molar-refractivity contribution >= 4 is 16.7 Å². The molecule has 0 atom stereocenters. The minimum atomic E-state index is -0.204. The summed E-state index contributed by atoms with van der Waals surface area (Å²) in [6, 6.07) is 20.0. The SMILES string of the molecule is CCOc1cc(CNc2ccc3[nH]c(=O)[nH]c3c2)ccc1OCc1cccc(C)c1. The average Bonchev–Trinajstić information content (AvgIpc) is 3.11. The number of hydrogen-bond acceptors (Lipinski definition) is 4. The molecule has 154 valence electrons. The molecule has 0 aliphatic heterocycles. The number of nitrogens with one attached hydrogen (secondary N) is 3. The molecule has 3 aromatic carbocycles. The van der Waals surface area contributed by atoms with E-state index in [0.717, 1.165) is 39.3 Å². The van der Waals surface area contributed by atoms with Crippen molar-refractivity contribution in [3.63, 3.8) is 0 Å². The Morgan fingerprint density at radius 2 is 1.73 bits per heavy atom. The van der Waals surface area contributed by atoms with Crippen LogP contribution in [0.2, 0.25) is 0 Å². The molecule has 1 aromatic heterocycles. The van der Waals surface area contributed by atoms with E-state index in [1.54, 1.807) is 0 Å². The predicted molar refractivity (Wildman–Crippen MR) is 119 cm³/mol. The van der Waals surface area contributed by atoms with E-state index in [0.29, 0.717) is 19.8 Å².